The molecule has 0 saturated carbocycles. The Morgan fingerprint density at radius 1 is 1.32 bits per heavy atom. The van der Waals surface area contributed by atoms with Crippen molar-refractivity contribution in [3.63, 3.8) is 0 Å². The van der Waals surface area contributed by atoms with Gasteiger partial charge in [-0.3, -0.25) is 14.2 Å². The molecule has 4 rings (SSSR count). The summed E-state index contributed by atoms with van der Waals surface area (Å²) in [5.41, 5.74) is 1.35. The number of para-hydroxylation sites is 1. The molecule has 8 heteroatoms. The number of hydrogen-bond acceptors (Lipinski definition) is 6. The highest BCUT2D eigenvalue weighted by Gasteiger charge is 2.30. The molecule has 0 aliphatic carbocycles. The summed E-state index contributed by atoms with van der Waals surface area (Å²) in [7, 11) is 0. The van der Waals surface area contributed by atoms with Crippen molar-refractivity contribution in [2.75, 3.05) is 13.2 Å². The van der Waals surface area contributed by atoms with E-state index >= 15 is 0 Å². The van der Waals surface area contributed by atoms with Crippen LogP contribution in [-0.2, 0) is 22.5 Å². The fraction of sp³-hybridized carbons (Fsp3) is 0.400. The molecule has 1 N–H and O–H groups in total. The van der Waals surface area contributed by atoms with E-state index in [1.54, 1.807) is 18.2 Å². The van der Waals surface area contributed by atoms with Gasteiger partial charge in [0.15, 0.2) is 0 Å². The minimum Gasteiger partial charge on any atom is -0.379 e. The summed E-state index contributed by atoms with van der Waals surface area (Å²) in [6.45, 7) is 3.20. The molecule has 0 radical (unpaired) electrons. The predicted octanol–water partition coefficient (Wildman–Crippen LogP) is 1.46. The SMILES string of the molecule is Cc1cc(C[C@@H]2COC[C@@H]2NC(=O)CCn2cnc3ccccc3c2=O)on1. The first-order chi connectivity index (χ1) is 13.6. The highest BCUT2D eigenvalue weighted by molar-refractivity contribution is 5.77. The Hall–Kier alpha value is -3.00. The van der Waals surface area contributed by atoms with Crippen LogP contribution in [0.3, 0.4) is 0 Å². The fourth-order valence-electron chi connectivity index (χ4n) is 3.50. The Kier molecular flexibility index (Phi) is 5.21. The predicted molar refractivity (Wildman–Crippen MR) is 102 cm³/mol. The third-order valence-electron chi connectivity index (χ3n) is 5.00. The number of benzene rings is 1. The maximum absolute atomic E-state index is 12.5. The number of nitrogens with one attached hydrogen (secondary N) is 1. The monoisotopic (exact) mass is 382 g/mol. The minimum atomic E-state index is -0.138. The van der Waals surface area contributed by atoms with Gasteiger partial charge >= 0.3 is 0 Å². The molecule has 2 aromatic heterocycles. The molecule has 1 aliphatic rings. The molecule has 1 aliphatic heterocycles. The Morgan fingerprint density at radius 2 is 2.18 bits per heavy atom. The molecule has 3 aromatic rings. The van der Waals surface area contributed by atoms with E-state index in [0.29, 0.717) is 30.5 Å². The van der Waals surface area contributed by atoms with E-state index < -0.39 is 0 Å². The van der Waals surface area contributed by atoms with E-state index in [1.807, 2.05) is 19.1 Å². The van der Waals surface area contributed by atoms with Crippen LogP contribution in [0.25, 0.3) is 10.9 Å². The van der Waals surface area contributed by atoms with Gasteiger partial charge in [-0.25, -0.2) is 4.98 Å². The van der Waals surface area contributed by atoms with Crippen molar-refractivity contribution in [3.05, 3.63) is 58.5 Å². The molecule has 2 atom stereocenters. The van der Waals surface area contributed by atoms with Crippen LogP contribution < -0.4 is 10.9 Å². The number of nitrogens with zero attached hydrogens (tertiary/aromatic N) is 3. The molecule has 0 unspecified atom stereocenters. The first kappa shape index (κ1) is 18.4. The van der Waals surface area contributed by atoms with Crippen molar-refractivity contribution in [3.8, 4) is 0 Å². The lowest BCUT2D eigenvalue weighted by Crippen LogP contribution is -2.41. The number of carbonyl (C=O) groups is 1. The van der Waals surface area contributed by atoms with E-state index in [2.05, 4.69) is 15.5 Å². The number of carbonyl (C=O) groups excluding carboxylic acids is 1. The average molecular weight is 382 g/mol. The average Bonchev–Trinajstić information content (AvgIpc) is 3.30. The van der Waals surface area contributed by atoms with Gasteiger partial charge in [0.05, 0.1) is 42.2 Å². The lowest BCUT2D eigenvalue weighted by Gasteiger charge is -2.18. The van der Waals surface area contributed by atoms with Crippen LogP contribution in [-0.4, -0.2) is 39.9 Å². The van der Waals surface area contributed by atoms with Crippen LogP contribution in [0.2, 0.25) is 0 Å². The van der Waals surface area contributed by atoms with Crippen molar-refractivity contribution in [2.24, 2.45) is 5.92 Å². The van der Waals surface area contributed by atoms with E-state index in [-0.39, 0.29) is 36.4 Å². The molecular formula is C20H22N4O4. The van der Waals surface area contributed by atoms with Gasteiger partial charge in [0.25, 0.3) is 5.56 Å². The minimum absolute atomic E-state index is 0.0793. The number of aryl methyl sites for hydroxylation is 2. The van der Waals surface area contributed by atoms with Crippen molar-refractivity contribution in [2.45, 2.75) is 32.4 Å². The van der Waals surface area contributed by atoms with Gasteiger partial charge < -0.3 is 14.6 Å². The summed E-state index contributed by atoms with van der Waals surface area (Å²) in [6, 6.07) is 9.00. The number of ether oxygens (including phenoxy) is 1. The molecule has 8 nitrogen and oxygen atoms in total. The van der Waals surface area contributed by atoms with Gasteiger partial charge in [0, 0.05) is 31.4 Å². The lowest BCUT2D eigenvalue weighted by molar-refractivity contribution is -0.122. The molecule has 1 aromatic carbocycles. The van der Waals surface area contributed by atoms with E-state index in [0.717, 1.165) is 11.5 Å². The second-order valence-corrected chi connectivity index (χ2v) is 7.12. The van der Waals surface area contributed by atoms with Crippen LogP contribution in [0, 0.1) is 12.8 Å². The van der Waals surface area contributed by atoms with Crippen molar-refractivity contribution >= 4 is 16.8 Å². The molecule has 28 heavy (non-hydrogen) atoms. The highest BCUT2D eigenvalue weighted by atomic mass is 16.5. The zero-order chi connectivity index (χ0) is 19.5. The van der Waals surface area contributed by atoms with E-state index in [4.69, 9.17) is 9.26 Å². The van der Waals surface area contributed by atoms with Crippen LogP contribution in [0.15, 0.2) is 46.0 Å². The Labute approximate surface area is 161 Å². The van der Waals surface area contributed by atoms with Gasteiger partial charge in [0.2, 0.25) is 5.91 Å². The van der Waals surface area contributed by atoms with Gasteiger partial charge in [-0.05, 0) is 19.1 Å². The second-order valence-electron chi connectivity index (χ2n) is 7.12. The molecule has 146 valence electrons. The summed E-state index contributed by atoms with van der Waals surface area (Å²) in [4.78, 5) is 29.2. The standard InChI is InChI=1S/C20H22N4O4/c1-13-8-15(28-23-13)9-14-10-27-11-18(14)22-19(25)6-7-24-12-21-17-5-3-2-4-16(17)20(24)26/h2-5,8,12,14,18H,6-7,9-11H2,1H3,(H,22,25)/t14-,18+/m1/s1. The molecule has 1 amide bonds. The lowest BCUT2D eigenvalue weighted by atomic mass is 9.98. The van der Waals surface area contributed by atoms with Gasteiger partial charge in [-0.15, -0.1) is 0 Å². The van der Waals surface area contributed by atoms with Crippen LogP contribution >= 0.6 is 0 Å². The Bertz CT molecular complexity index is 1040. The molecular weight excluding hydrogens is 360 g/mol. The zero-order valence-corrected chi connectivity index (χ0v) is 15.6. The smallest absolute Gasteiger partial charge is 0.261 e. The summed E-state index contributed by atoms with van der Waals surface area (Å²) >= 11 is 0. The van der Waals surface area contributed by atoms with Crippen molar-refractivity contribution in [1.82, 2.24) is 20.0 Å². The fourth-order valence-corrected chi connectivity index (χ4v) is 3.50. The normalized spacial score (nSPS) is 19.2. The van der Waals surface area contributed by atoms with E-state index in [1.165, 1.54) is 10.9 Å². The summed E-state index contributed by atoms with van der Waals surface area (Å²) in [5, 5.41) is 7.47. The van der Waals surface area contributed by atoms with Crippen molar-refractivity contribution in [1.29, 1.82) is 0 Å². The number of aromatic nitrogens is 3. The first-order valence-corrected chi connectivity index (χ1v) is 9.33. The second kappa shape index (κ2) is 7.93. The molecule has 0 bridgehead atoms. The summed E-state index contributed by atoms with van der Waals surface area (Å²) in [6.07, 6.45) is 2.36. The maximum Gasteiger partial charge on any atom is 0.261 e. The van der Waals surface area contributed by atoms with Gasteiger partial charge in [0.1, 0.15) is 5.76 Å². The van der Waals surface area contributed by atoms with E-state index in [9.17, 15) is 9.59 Å². The molecule has 1 saturated heterocycles. The zero-order valence-electron chi connectivity index (χ0n) is 15.6. The topological polar surface area (TPSA) is 99.2 Å². The number of hydrogen-bond donors (Lipinski definition) is 1. The Balaban J connectivity index is 1.35. The Morgan fingerprint density at radius 3 is 3.00 bits per heavy atom. The third kappa shape index (κ3) is 3.96. The van der Waals surface area contributed by atoms with Crippen LogP contribution in [0.1, 0.15) is 17.9 Å². The largest absolute Gasteiger partial charge is 0.379 e. The van der Waals surface area contributed by atoms with Gasteiger partial charge in [-0.1, -0.05) is 17.3 Å². The quantitative estimate of drug-likeness (QED) is 0.693. The number of amides is 1. The van der Waals surface area contributed by atoms with Gasteiger partial charge in [-0.2, -0.15) is 0 Å². The van der Waals surface area contributed by atoms with Crippen LogP contribution in [0.5, 0.6) is 0 Å². The first-order valence-electron chi connectivity index (χ1n) is 9.33. The summed E-state index contributed by atoms with van der Waals surface area (Å²) < 4.78 is 12.3. The maximum atomic E-state index is 12.5. The summed E-state index contributed by atoms with van der Waals surface area (Å²) in [5.74, 6) is 0.816. The third-order valence-corrected chi connectivity index (χ3v) is 5.00. The number of fused-ring (bicyclic) bond motifs is 1. The van der Waals surface area contributed by atoms with Crippen LogP contribution in [0.4, 0.5) is 0 Å². The molecule has 0 spiro atoms. The highest BCUT2D eigenvalue weighted by Crippen LogP contribution is 2.20. The molecule has 3 heterocycles. The number of rotatable bonds is 6. The van der Waals surface area contributed by atoms with Crippen molar-refractivity contribution < 1.29 is 14.1 Å². The molecule has 1 fully saturated rings.